The van der Waals surface area contributed by atoms with Crippen molar-refractivity contribution >= 4 is 23.1 Å². The Hall–Kier alpha value is -2.21. The number of hydrogen-bond acceptors (Lipinski definition) is 5. The molecule has 6 heteroatoms. The average Bonchev–Trinajstić information content (AvgIpc) is 2.46. The first kappa shape index (κ1) is 14.2. The van der Waals surface area contributed by atoms with Crippen molar-refractivity contribution in [2.24, 2.45) is 0 Å². The molecular formula is C14H14N2O3S. The molecule has 0 aliphatic heterocycles. The number of rotatable bonds is 5. The van der Waals surface area contributed by atoms with Crippen molar-refractivity contribution in [2.75, 3.05) is 12.8 Å². The summed E-state index contributed by atoms with van der Waals surface area (Å²) in [6.07, 6.45) is 0. The molecule has 0 spiro atoms. The minimum Gasteiger partial charge on any atom is -0.497 e. The molecular weight excluding hydrogens is 276 g/mol. The van der Waals surface area contributed by atoms with E-state index < -0.39 is 4.92 Å². The molecule has 0 bridgehead atoms. The Morgan fingerprint density at radius 3 is 2.75 bits per heavy atom. The van der Waals surface area contributed by atoms with Gasteiger partial charge in [-0.25, -0.2) is 0 Å². The maximum atomic E-state index is 10.8. The maximum Gasteiger partial charge on any atom is 0.292 e. The molecule has 0 heterocycles. The largest absolute Gasteiger partial charge is 0.497 e. The summed E-state index contributed by atoms with van der Waals surface area (Å²) in [5, 5.41) is 10.8. The molecule has 0 atom stereocenters. The summed E-state index contributed by atoms with van der Waals surface area (Å²) in [5.74, 6) is 1.35. The van der Waals surface area contributed by atoms with Gasteiger partial charge in [0.1, 0.15) is 11.4 Å². The Morgan fingerprint density at radius 1 is 1.30 bits per heavy atom. The quantitative estimate of drug-likeness (QED) is 0.395. The van der Waals surface area contributed by atoms with Crippen molar-refractivity contribution in [1.29, 1.82) is 0 Å². The van der Waals surface area contributed by atoms with Gasteiger partial charge in [0.25, 0.3) is 5.69 Å². The molecule has 0 saturated heterocycles. The second-order valence-electron chi connectivity index (χ2n) is 4.07. The number of nitro groups is 1. The Kier molecular flexibility index (Phi) is 4.47. The fraction of sp³-hybridized carbons (Fsp3) is 0.143. The van der Waals surface area contributed by atoms with Crippen LogP contribution in [-0.4, -0.2) is 12.0 Å². The molecule has 2 aromatic rings. The van der Waals surface area contributed by atoms with E-state index >= 15 is 0 Å². The van der Waals surface area contributed by atoms with Crippen molar-refractivity contribution in [3.8, 4) is 5.75 Å². The third kappa shape index (κ3) is 3.21. The number of hydrogen-bond donors (Lipinski definition) is 1. The maximum absolute atomic E-state index is 10.8. The van der Waals surface area contributed by atoms with Gasteiger partial charge in [-0.05, 0) is 23.8 Å². The number of ether oxygens (including phenoxy) is 1. The molecule has 0 aromatic heterocycles. The molecule has 2 rings (SSSR count). The number of methoxy groups -OCH3 is 1. The minimum absolute atomic E-state index is 0.0475. The molecule has 0 aliphatic rings. The third-order valence-corrected chi connectivity index (χ3v) is 3.85. The van der Waals surface area contributed by atoms with E-state index in [0.717, 1.165) is 16.2 Å². The van der Waals surface area contributed by atoms with E-state index in [1.165, 1.54) is 6.07 Å². The number of nitrogens with zero attached hydrogens (tertiary/aromatic N) is 1. The van der Waals surface area contributed by atoms with Crippen molar-refractivity contribution in [3.05, 3.63) is 58.1 Å². The van der Waals surface area contributed by atoms with Gasteiger partial charge < -0.3 is 10.5 Å². The molecule has 5 nitrogen and oxygen atoms in total. The predicted octanol–water partition coefficient (Wildman–Crippen LogP) is 3.48. The van der Waals surface area contributed by atoms with E-state index in [-0.39, 0.29) is 11.4 Å². The van der Waals surface area contributed by atoms with Gasteiger partial charge in [0.05, 0.1) is 12.0 Å². The van der Waals surface area contributed by atoms with Crippen LogP contribution in [0.15, 0.2) is 47.4 Å². The first-order valence-corrected chi connectivity index (χ1v) is 6.89. The van der Waals surface area contributed by atoms with Crippen molar-refractivity contribution in [1.82, 2.24) is 0 Å². The number of para-hydroxylation sites is 1. The predicted molar refractivity (Wildman–Crippen MR) is 80.1 cm³/mol. The summed E-state index contributed by atoms with van der Waals surface area (Å²) in [7, 11) is 1.61. The van der Waals surface area contributed by atoms with E-state index in [0.29, 0.717) is 5.75 Å². The lowest BCUT2D eigenvalue weighted by atomic mass is 10.2. The molecule has 0 unspecified atom stereocenters. The highest BCUT2D eigenvalue weighted by Crippen LogP contribution is 2.31. The number of nitro benzene ring substituents is 1. The summed E-state index contributed by atoms with van der Waals surface area (Å²) in [6, 6.07) is 12.5. The number of benzene rings is 2. The number of nitrogen functional groups attached to an aromatic ring is 1. The highest BCUT2D eigenvalue weighted by molar-refractivity contribution is 7.98. The summed E-state index contributed by atoms with van der Waals surface area (Å²) in [4.78, 5) is 11.4. The Morgan fingerprint density at radius 2 is 2.05 bits per heavy atom. The fourth-order valence-corrected chi connectivity index (χ4v) is 2.68. The molecule has 0 saturated carbocycles. The monoisotopic (exact) mass is 290 g/mol. The van der Waals surface area contributed by atoms with Crippen LogP contribution in [0.3, 0.4) is 0 Å². The number of anilines is 1. The van der Waals surface area contributed by atoms with E-state index in [1.54, 1.807) is 31.0 Å². The van der Waals surface area contributed by atoms with Crippen LogP contribution in [0.25, 0.3) is 0 Å². The van der Waals surface area contributed by atoms with Gasteiger partial charge in [-0.3, -0.25) is 10.1 Å². The molecule has 0 amide bonds. The van der Waals surface area contributed by atoms with Crippen LogP contribution in [0, 0.1) is 10.1 Å². The summed E-state index contributed by atoms with van der Waals surface area (Å²) < 4.78 is 5.15. The Bertz CT molecular complexity index is 632. The Labute approximate surface area is 120 Å². The zero-order chi connectivity index (χ0) is 14.5. The van der Waals surface area contributed by atoms with Gasteiger partial charge >= 0.3 is 0 Å². The van der Waals surface area contributed by atoms with Gasteiger partial charge in [0, 0.05) is 16.7 Å². The second-order valence-corrected chi connectivity index (χ2v) is 5.12. The highest BCUT2D eigenvalue weighted by Gasteiger charge is 2.14. The summed E-state index contributed by atoms with van der Waals surface area (Å²) in [5.41, 5.74) is 6.76. The third-order valence-electron chi connectivity index (χ3n) is 2.81. The first-order valence-electron chi connectivity index (χ1n) is 5.90. The normalized spacial score (nSPS) is 10.2. The van der Waals surface area contributed by atoms with E-state index in [2.05, 4.69) is 0 Å². The van der Waals surface area contributed by atoms with E-state index in [9.17, 15) is 10.1 Å². The van der Waals surface area contributed by atoms with Gasteiger partial charge in [-0.1, -0.05) is 18.2 Å². The number of nitrogens with two attached hydrogens (primary N) is 1. The molecule has 0 aliphatic carbocycles. The summed E-state index contributed by atoms with van der Waals surface area (Å²) in [6.45, 7) is 0. The van der Waals surface area contributed by atoms with E-state index in [1.807, 2.05) is 24.3 Å². The van der Waals surface area contributed by atoms with Crippen LogP contribution in [-0.2, 0) is 5.75 Å². The first-order chi connectivity index (χ1) is 9.61. The minimum atomic E-state index is -0.463. The van der Waals surface area contributed by atoms with Crippen LogP contribution in [0.5, 0.6) is 5.75 Å². The van der Waals surface area contributed by atoms with Gasteiger partial charge in [0.15, 0.2) is 0 Å². The molecule has 104 valence electrons. The molecule has 0 fully saturated rings. The van der Waals surface area contributed by atoms with E-state index in [4.69, 9.17) is 10.5 Å². The van der Waals surface area contributed by atoms with Crippen molar-refractivity contribution in [2.45, 2.75) is 10.6 Å². The zero-order valence-corrected chi connectivity index (χ0v) is 11.7. The molecule has 0 radical (unpaired) electrons. The molecule has 20 heavy (non-hydrogen) atoms. The van der Waals surface area contributed by atoms with Crippen LogP contribution in [0.1, 0.15) is 5.56 Å². The number of thioether (sulfide) groups is 1. The molecule has 2 N–H and O–H groups in total. The van der Waals surface area contributed by atoms with Crippen LogP contribution >= 0.6 is 11.8 Å². The van der Waals surface area contributed by atoms with Crippen LogP contribution in [0.4, 0.5) is 11.4 Å². The van der Waals surface area contributed by atoms with Crippen molar-refractivity contribution in [3.63, 3.8) is 0 Å². The molecule has 2 aromatic carbocycles. The Balaban J connectivity index is 2.14. The lowest BCUT2D eigenvalue weighted by Crippen LogP contribution is -1.99. The fourth-order valence-electron chi connectivity index (χ4n) is 1.74. The van der Waals surface area contributed by atoms with Crippen molar-refractivity contribution < 1.29 is 9.66 Å². The SMILES string of the molecule is COc1cccc(SCc2cccc([N+](=O)[O-])c2N)c1. The lowest BCUT2D eigenvalue weighted by molar-refractivity contribution is -0.383. The lowest BCUT2D eigenvalue weighted by Gasteiger charge is -2.07. The van der Waals surface area contributed by atoms with Gasteiger partial charge in [-0.15, -0.1) is 11.8 Å². The second kappa shape index (κ2) is 6.29. The van der Waals surface area contributed by atoms with Crippen LogP contribution < -0.4 is 10.5 Å². The standard InChI is InChI=1S/C14H14N2O3S/c1-19-11-5-3-6-12(8-11)20-9-10-4-2-7-13(14(10)15)16(17)18/h2-8H,9,15H2,1H3. The van der Waals surface area contributed by atoms with Crippen LogP contribution in [0.2, 0.25) is 0 Å². The smallest absolute Gasteiger partial charge is 0.292 e. The summed E-state index contributed by atoms with van der Waals surface area (Å²) >= 11 is 1.56. The zero-order valence-electron chi connectivity index (χ0n) is 10.9. The average molecular weight is 290 g/mol. The topological polar surface area (TPSA) is 78.4 Å². The van der Waals surface area contributed by atoms with Gasteiger partial charge in [-0.2, -0.15) is 0 Å². The van der Waals surface area contributed by atoms with Gasteiger partial charge in [0.2, 0.25) is 0 Å². The highest BCUT2D eigenvalue weighted by atomic mass is 32.2.